The molecular formula is C21H28. The fourth-order valence-electron chi connectivity index (χ4n) is 5.84. The van der Waals surface area contributed by atoms with Gasteiger partial charge in [0, 0.05) is 0 Å². The molecule has 4 rings (SSSR count). The van der Waals surface area contributed by atoms with Crippen molar-refractivity contribution in [3.05, 3.63) is 46.6 Å². The predicted octanol–water partition coefficient (Wildman–Crippen LogP) is 6.13. The maximum Gasteiger partial charge on any atom is -0.00477 e. The van der Waals surface area contributed by atoms with Crippen LogP contribution in [-0.4, -0.2) is 0 Å². The van der Waals surface area contributed by atoms with E-state index >= 15 is 0 Å². The fraction of sp³-hybridized carbons (Fsp3) is 0.619. The maximum atomic E-state index is 4.23. The van der Waals surface area contributed by atoms with Gasteiger partial charge in [-0.1, -0.05) is 42.4 Å². The molecule has 0 bridgehead atoms. The highest BCUT2D eigenvalue weighted by atomic mass is 14.5. The van der Waals surface area contributed by atoms with E-state index in [1.54, 1.807) is 22.3 Å². The minimum absolute atomic E-state index is 0.471. The van der Waals surface area contributed by atoms with Crippen LogP contribution >= 0.6 is 0 Å². The van der Waals surface area contributed by atoms with E-state index < -0.39 is 0 Å². The average Bonchev–Trinajstić information content (AvgIpc) is 2.83. The van der Waals surface area contributed by atoms with Crippen LogP contribution < -0.4 is 0 Å². The van der Waals surface area contributed by atoms with Crippen molar-refractivity contribution in [1.29, 1.82) is 0 Å². The summed E-state index contributed by atoms with van der Waals surface area (Å²) >= 11 is 0. The van der Waals surface area contributed by atoms with Gasteiger partial charge in [-0.15, -0.1) is 0 Å². The average molecular weight is 280 g/mol. The number of hydrogen-bond acceptors (Lipinski definition) is 0. The Bertz CT molecular complexity index is 583. The predicted molar refractivity (Wildman–Crippen MR) is 90.0 cm³/mol. The Morgan fingerprint density at radius 3 is 2.86 bits per heavy atom. The zero-order chi connectivity index (χ0) is 14.6. The first-order valence-electron chi connectivity index (χ1n) is 8.87. The first-order chi connectivity index (χ1) is 10.1. The summed E-state index contributed by atoms with van der Waals surface area (Å²) in [7, 11) is 0. The lowest BCUT2D eigenvalue weighted by Gasteiger charge is -2.46. The molecule has 0 aliphatic heterocycles. The van der Waals surface area contributed by atoms with Gasteiger partial charge >= 0.3 is 0 Å². The molecule has 112 valence electrons. The number of hydrogen-bond donors (Lipinski definition) is 0. The third-order valence-corrected chi connectivity index (χ3v) is 6.98. The Kier molecular flexibility index (Phi) is 3.07. The molecule has 0 nitrogen and oxygen atoms in total. The monoisotopic (exact) mass is 280 g/mol. The maximum absolute atomic E-state index is 4.23. The summed E-state index contributed by atoms with van der Waals surface area (Å²) in [5.74, 6) is 1.76. The first kappa shape index (κ1) is 13.6. The van der Waals surface area contributed by atoms with Crippen molar-refractivity contribution in [2.45, 2.75) is 65.2 Å². The van der Waals surface area contributed by atoms with Crippen molar-refractivity contribution in [2.75, 3.05) is 0 Å². The number of allylic oxidation sites excluding steroid dienone is 7. The van der Waals surface area contributed by atoms with Gasteiger partial charge in [0.15, 0.2) is 0 Å². The molecule has 0 aromatic heterocycles. The van der Waals surface area contributed by atoms with Gasteiger partial charge < -0.3 is 0 Å². The summed E-state index contributed by atoms with van der Waals surface area (Å²) in [6.45, 7) is 9.02. The molecule has 0 aromatic carbocycles. The molecule has 0 saturated heterocycles. The van der Waals surface area contributed by atoms with Crippen molar-refractivity contribution < 1.29 is 0 Å². The Hall–Kier alpha value is -1.04. The molecule has 4 aliphatic rings. The van der Waals surface area contributed by atoms with E-state index in [2.05, 4.69) is 32.6 Å². The normalized spacial score (nSPS) is 40.8. The minimum Gasteiger partial charge on any atom is -0.0995 e. The Balaban J connectivity index is 1.74. The summed E-state index contributed by atoms with van der Waals surface area (Å²) in [6.07, 6.45) is 15.5. The van der Waals surface area contributed by atoms with Crippen LogP contribution in [0.5, 0.6) is 0 Å². The van der Waals surface area contributed by atoms with Gasteiger partial charge in [-0.25, -0.2) is 0 Å². The third-order valence-electron chi connectivity index (χ3n) is 6.98. The van der Waals surface area contributed by atoms with E-state index in [-0.39, 0.29) is 0 Å². The van der Waals surface area contributed by atoms with Gasteiger partial charge in [-0.3, -0.25) is 0 Å². The van der Waals surface area contributed by atoms with E-state index in [0.717, 1.165) is 11.8 Å². The van der Waals surface area contributed by atoms with Crippen LogP contribution in [-0.2, 0) is 0 Å². The quantitative estimate of drug-likeness (QED) is 0.468. The third kappa shape index (κ3) is 1.87. The second-order valence-corrected chi connectivity index (χ2v) is 7.89. The fourth-order valence-corrected chi connectivity index (χ4v) is 5.84. The number of fused-ring (bicyclic) bond motifs is 4. The molecular weight excluding hydrogens is 252 g/mol. The number of rotatable bonds is 0. The van der Waals surface area contributed by atoms with Gasteiger partial charge in [0.1, 0.15) is 0 Å². The standard InChI is InChI=1S/C21H28/c1-4-16-7-10-20-19-9-6-15-13-14(2)5-8-17(15)18(19)11-12-21(16,20)3/h4,11,19-20H,2,5-10,12-13H2,1,3H3/b16-4+. The highest BCUT2D eigenvalue weighted by Gasteiger charge is 2.49. The summed E-state index contributed by atoms with van der Waals surface area (Å²) in [5, 5.41) is 0. The SMILES string of the molecule is C=C1CCC2=C(CCC3C2=CCC2(C)/C(=C/C)CCC32)C1. The van der Waals surface area contributed by atoms with Gasteiger partial charge in [0.05, 0.1) is 0 Å². The highest BCUT2D eigenvalue weighted by molar-refractivity contribution is 5.47. The molecule has 0 heteroatoms. The van der Waals surface area contributed by atoms with Gasteiger partial charge in [0.2, 0.25) is 0 Å². The Morgan fingerprint density at radius 1 is 1.19 bits per heavy atom. The zero-order valence-corrected chi connectivity index (χ0v) is 13.7. The van der Waals surface area contributed by atoms with Gasteiger partial charge in [-0.2, -0.15) is 0 Å². The second kappa shape index (κ2) is 4.73. The van der Waals surface area contributed by atoms with Crippen LogP contribution in [0.2, 0.25) is 0 Å². The Morgan fingerprint density at radius 2 is 2.05 bits per heavy atom. The van der Waals surface area contributed by atoms with Crippen LogP contribution in [0.25, 0.3) is 0 Å². The summed E-state index contributed by atoms with van der Waals surface area (Å²) in [6, 6.07) is 0. The largest absolute Gasteiger partial charge is 0.0995 e. The molecule has 0 spiro atoms. The lowest BCUT2D eigenvalue weighted by molar-refractivity contribution is 0.182. The molecule has 3 unspecified atom stereocenters. The molecule has 21 heavy (non-hydrogen) atoms. The molecule has 1 fully saturated rings. The van der Waals surface area contributed by atoms with Crippen molar-refractivity contribution in [1.82, 2.24) is 0 Å². The van der Waals surface area contributed by atoms with Gasteiger partial charge in [-0.05, 0) is 86.7 Å². The van der Waals surface area contributed by atoms with Crippen LogP contribution in [0.4, 0.5) is 0 Å². The molecule has 0 aromatic rings. The molecule has 0 radical (unpaired) electrons. The van der Waals surface area contributed by atoms with E-state index in [4.69, 9.17) is 0 Å². The molecule has 3 atom stereocenters. The molecule has 1 saturated carbocycles. The summed E-state index contributed by atoms with van der Waals surface area (Å²) < 4.78 is 0. The first-order valence-corrected chi connectivity index (χ1v) is 8.87. The van der Waals surface area contributed by atoms with E-state index in [1.807, 2.05) is 0 Å². The summed E-state index contributed by atoms with van der Waals surface area (Å²) in [4.78, 5) is 0. The van der Waals surface area contributed by atoms with Crippen molar-refractivity contribution in [3.63, 3.8) is 0 Å². The van der Waals surface area contributed by atoms with Crippen LogP contribution in [0.15, 0.2) is 46.6 Å². The van der Waals surface area contributed by atoms with Crippen LogP contribution in [0, 0.1) is 17.3 Å². The smallest absolute Gasteiger partial charge is 0.00477 e. The van der Waals surface area contributed by atoms with E-state index in [9.17, 15) is 0 Å². The van der Waals surface area contributed by atoms with Crippen molar-refractivity contribution in [2.24, 2.45) is 17.3 Å². The lowest BCUT2D eigenvalue weighted by atomic mass is 9.58. The molecule has 0 amide bonds. The lowest BCUT2D eigenvalue weighted by Crippen LogP contribution is -2.36. The topological polar surface area (TPSA) is 0 Å². The highest BCUT2D eigenvalue weighted by Crippen LogP contribution is 2.60. The van der Waals surface area contributed by atoms with E-state index in [1.165, 1.54) is 56.9 Å². The minimum atomic E-state index is 0.471. The van der Waals surface area contributed by atoms with E-state index in [0.29, 0.717) is 5.41 Å². The molecule has 0 N–H and O–H groups in total. The summed E-state index contributed by atoms with van der Waals surface area (Å²) in [5.41, 5.74) is 8.93. The molecule has 0 heterocycles. The Labute approximate surface area is 129 Å². The molecule has 4 aliphatic carbocycles. The van der Waals surface area contributed by atoms with Crippen molar-refractivity contribution >= 4 is 0 Å². The second-order valence-electron chi connectivity index (χ2n) is 7.89. The van der Waals surface area contributed by atoms with Gasteiger partial charge in [0.25, 0.3) is 0 Å². The van der Waals surface area contributed by atoms with Crippen LogP contribution in [0.3, 0.4) is 0 Å². The zero-order valence-electron chi connectivity index (χ0n) is 13.7. The van der Waals surface area contributed by atoms with Crippen LogP contribution in [0.1, 0.15) is 65.2 Å². The van der Waals surface area contributed by atoms with Crippen molar-refractivity contribution in [3.8, 4) is 0 Å².